The molecule has 2 aliphatic carbocycles. The zero-order chi connectivity index (χ0) is 17.2. The Kier molecular flexibility index (Phi) is 5.09. The molecule has 5 heteroatoms. The van der Waals surface area contributed by atoms with Crippen LogP contribution in [0, 0.1) is 11.7 Å². The van der Waals surface area contributed by atoms with Crippen molar-refractivity contribution in [2.24, 2.45) is 5.92 Å². The van der Waals surface area contributed by atoms with Gasteiger partial charge in [-0.1, -0.05) is 12.1 Å². The van der Waals surface area contributed by atoms with E-state index in [1.165, 1.54) is 6.07 Å². The summed E-state index contributed by atoms with van der Waals surface area (Å²) in [4.78, 5) is 14.3. The minimum atomic E-state index is -0.220. The van der Waals surface area contributed by atoms with Gasteiger partial charge in [0.1, 0.15) is 5.82 Å². The molecule has 0 aromatic heterocycles. The molecule has 132 valence electrons. The molecule has 0 bridgehead atoms. The van der Waals surface area contributed by atoms with Gasteiger partial charge in [0.2, 0.25) is 0 Å². The van der Waals surface area contributed by atoms with Gasteiger partial charge in [-0.25, -0.2) is 9.18 Å². The van der Waals surface area contributed by atoms with Crippen LogP contribution in [0.2, 0.25) is 0 Å². The van der Waals surface area contributed by atoms with Crippen molar-refractivity contribution in [1.82, 2.24) is 10.2 Å². The summed E-state index contributed by atoms with van der Waals surface area (Å²) in [5.41, 5.74) is 0.890. The lowest BCUT2D eigenvalue weighted by molar-refractivity contribution is 0.134. The average molecular weight is 334 g/mol. The number of aliphatic hydroxyl groups excluding tert-OH is 1. The van der Waals surface area contributed by atoms with Crippen LogP contribution < -0.4 is 5.32 Å². The zero-order valence-corrected chi connectivity index (χ0v) is 14.3. The number of carbonyl (C=O) groups is 1. The standard InChI is InChI=1S/C19H27FN2O2/c1-22(17-7-5-14(12-23)6-8-17)18(24)21-13-19(9-10-19)15-3-2-4-16(20)11-15/h2-4,11,14,17,23H,5-10,12-13H2,1H3,(H,21,24). The summed E-state index contributed by atoms with van der Waals surface area (Å²) in [6, 6.07) is 6.91. The van der Waals surface area contributed by atoms with E-state index in [2.05, 4.69) is 5.32 Å². The molecule has 1 aromatic rings. The second kappa shape index (κ2) is 7.09. The SMILES string of the molecule is CN(C(=O)NCC1(c2cccc(F)c2)CC1)C1CCC(CO)CC1. The third kappa shape index (κ3) is 3.72. The van der Waals surface area contributed by atoms with Gasteiger partial charge in [-0.2, -0.15) is 0 Å². The van der Waals surface area contributed by atoms with Gasteiger partial charge in [0.15, 0.2) is 0 Å². The number of nitrogens with zero attached hydrogens (tertiary/aromatic N) is 1. The van der Waals surface area contributed by atoms with E-state index in [1.807, 2.05) is 13.1 Å². The minimum absolute atomic E-state index is 0.0508. The molecular weight excluding hydrogens is 307 g/mol. The van der Waals surface area contributed by atoms with Crippen LogP contribution in [0.15, 0.2) is 24.3 Å². The zero-order valence-electron chi connectivity index (χ0n) is 14.3. The Balaban J connectivity index is 1.52. The summed E-state index contributed by atoms with van der Waals surface area (Å²) in [5, 5.41) is 12.3. The fraction of sp³-hybridized carbons (Fsp3) is 0.632. The van der Waals surface area contributed by atoms with E-state index >= 15 is 0 Å². The Morgan fingerprint density at radius 3 is 2.62 bits per heavy atom. The number of aliphatic hydroxyl groups is 1. The first-order valence-corrected chi connectivity index (χ1v) is 8.92. The number of benzene rings is 1. The highest BCUT2D eigenvalue weighted by Gasteiger charge is 2.44. The molecule has 1 aromatic carbocycles. The summed E-state index contributed by atoms with van der Waals surface area (Å²) >= 11 is 0. The third-order valence-corrected chi connectivity index (χ3v) is 5.81. The van der Waals surface area contributed by atoms with Gasteiger partial charge in [-0.05, 0) is 62.1 Å². The molecule has 0 spiro atoms. The van der Waals surface area contributed by atoms with Gasteiger partial charge < -0.3 is 15.3 Å². The van der Waals surface area contributed by atoms with Gasteiger partial charge in [0, 0.05) is 31.7 Å². The van der Waals surface area contributed by atoms with Gasteiger partial charge in [0.25, 0.3) is 0 Å². The normalized spacial score (nSPS) is 25.1. The topological polar surface area (TPSA) is 52.6 Å². The van der Waals surface area contributed by atoms with Gasteiger partial charge in [-0.3, -0.25) is 0 Å². The predicted molar refractivity (Wildman–Crippen MR) is 91.3 cm³/mol. The summed E-state index contributed by atoms with van der Waals surface area (Å²) in [6.45, 7) is 0.810. The second-order valence-corrected chi connectivity index (χ2v) is 7.42. The lowest BCUT2D eigenvalue weighted by Gasteiger charge is -2.34. The first kappa shape index (κ1) is 17.2. The van der Waals surface area contributed by atoms with E-state index in [0.29, 0.717) is 12.5 Å². The monoisotopic (exact) mass is 334 g/mol. The molecule has 4 nitrogen and oxygen atoms in total. The minimum Gasteiger partial charge on any atom is -0.396 e. The molecule has 2 amide bonds. The van der Waals surface area contributed by atoms with Crippen molar-refractivity contribution in [3.63, 3.8) is 0 Å². The first-order valence-electron chi connectivity index (χ1n) is 8.92. The molecule has 0 radical (unpaired) electrons. The Morgan fingerprint density at radius 2 is 2.04 bits per heavy atom. The molecule has 0 unspecified atom stereocenters. The van der Waals surface area contributed by atoms with Crippen molar-refractivity contribution in [2.75, 3.05) is 20.2 Å². The molecule has 2 saturated carbocycles. The fourth-order valence-electron chi connectivity index (χ4n) is 3.79. The lowest BCUT2D eigenvalue weighted by atomic mass is 9.86. The van der Waals surface area contributed by atoms with E-state index in [1.54, 1.807) is 17.0 Å². The molecule has 2 fully saturated rings. The maximum absolute atomic E-state index is 13.4. The van der Waals surface area contributed by atoms with Gasteiger partial charge >= 0.3 is 6.03 Å². The largest absolute Gasteiger partial charge is 0.396 e. The highest BCUT2D eigenvalue weighted by Crippen LogP contribution is 2.47. The first-order chi connectivity index (χ1) is 11.5. The maximum atomic E-state index is 13.4. The molecular formula is C19H27FN2O2. The summed E-state index contributed by atoms with van der Waals surface area (Å²) in [5.74, 6) is 0.170. The number of urea groups is 1. The Labute approximate surface area is 143 Å². The smallest absolute Gasteiger partial charge is 0.317 e. The van der Waals surface area contributed by atoms with Crippen molar-refractivity contribution in [3.8, 4) is 0 Å². The summed E-state index contributed by atoms with van der Waals surface area (Å²) < 4.78 is 13.4. The molecule has 0 saturated heterocycles. The van der Waals surface area contributed by atoms with Crippen LogP contribution in [0.1, 0.15) is 44.1 Å². The van der Waals surface area contributed by atoms with E-state index in [0.717, 1.165) is 44.1 Å². The predicted octanol–water partition coefficient (Wildman–Crippen LogP) is 3.05. The molecule has 0 aliphatic heterocycles. The highest BCUT2D eigenvalue weighted by molar-refractivity contribution is 5.74. The summed E-state index contributed by atoms with van der Waals surface area (Å²) in [7, 11) is 1.85. The molecule has 3 rings (SSSR count). The second-order valence-electron chi connectivity index (χ2n) is 7.42. The van der Waals surface area contributed by atoms with Crippen molar-refractivity contribution in [1.29, 1.82) is 0 Å². The van der Waals surface area contributed by atoms with Gasteiger partial charge in [-0.15, -0.1) is 0 Å². The third-order valence-electron chi connectivity index (χ3n) is 5.81. The highest BCUT2D eigenvalue weighted by atomic mass is 19.1. The number of halogens is 1. The molecule has 24 heavy (non-hydrogen) atoms. The lowest BCUT2D eigenvalue weighted by Crippen LogP contribution is -2.47. The van der Waals surface area contributed by atoms with E-state index < -0.39 is 0 Å². The Bertz CT molecular complexity index is 580. The van der Waals surface area contributed by atoms with Crippen LogP contribution in [0.5, 0.6) is 0 Å². The Morgan fingerprint density at radius 1 is 1.33 bits per heavy atom. The van der Waals surface area contributed by atoms with Crippen LogP contribution in [-0.2, 0) is 5.41 Å². The number of carbonyl (C=O) groups excluding carboxylic acids is 1. The van der Waals surface area contributed by atoms with Crippen LogP contribution in [0.25, 0.3) is 0 Å². The average Bonchev–Trinajstić information content (AvgIpc) is 3.40. The quantitative estimate of drug-likeness (QED) is 0.869. The number of rotatable bonds is 5. The molecule has 2 aliphatic rings. The maximum Gasteiger partial charge on any atom is 0.317 e. The van der Waals surface area contributed by atoms with Crippen molar-refractivity contribution >= 4 is 6.03 Å². The van der Waals surface area contributed by atoms with Crippen LogP contribution >= 0.6 is 0 Å². The van der Waals surface area contributed by atoms with Crippen LogP contribution in [0.4, 0.5) is 9.18 Å². The van der Waals surface area contributed by atoms with Crippen LogP contribution in [-0.4, -0.2) is 42.3 Å². The van der Waals surface area contributed by atoms with Crippen molar-refractivity contribution < 1.29 is 14.3 Å². The van der Waals surface area contributed by atoms with E-state index in [-0.39, 0.29) is 29.9 Å². The number of hydrogen-bond donors (Lipinski definition) is 2. The van der Waals surface area contributed by atoms with Crippen molar-refractivity contribution in [2.45, 2.75) is 50.0 Å². The number of amides is 2. The van der Waals surface area contributed by atoms with E-state index in [4.69, 9.17) is 0 Å². The fourth-order valence-corrected chi connectivity index (χ4v) is 3.79. The van der Waals surface area contributed by atoms with Crippen molar-refractivity contribution in [3.05, 3.63) is 35.6 Å². The molecule has 0 atom stereocenters. The van der Waals surface area contributed by atoms with Gasteiger partial charge in [0.05, 0.1) is 0 Å². The molecule has 2 N–H and O–H groups in total. The Hall–Kier alpha value is -1.62. The van der Waals surface area contributed by atoms with Crippen LogP contribution in [0.3, 0.4) is 0 Å². The summed E-state index contributed by atoms with van der Waals surface area (Å²) in [6.07, 6.45) is 5.83. The molecule has 0 heterocycles. The van der Waals surface area contributed by atoms with E-state index in [9.17, 15) is 14.3 Å². The number of hydrogen-bond acceptors (Lipinski definition) is 2. The number of nitrogens with one attached hydrogen (secondary N) is 1.